The van der Waals surface area contributed by atoms with Crippen molar-refractivity contribution in [3.8, 4) is 0 Å². The van der Waals surface area contributed by atoms with E-state index in [9.17, 15) is 22.8 Å². The Balaban J connectivity index is 2.12. The molecule has 0 unspecified atom stereocenters. The van der Waals surface area contributed by atoms with Crippen LogP contribution in [0.5, 0.6) is 0 Å². The number of rotatable bonds is 5. The Morgan fingerprint density at radius 3 is 2.45 bits per heavy atom. The van der Waals surface area contributed by atoms with Crippen molar-refractivity contribution in [2.75, 3.05) is 0 Å². The number of hydrogen-bond acceptors (Lipinski definition) is 4. The third-order valence-corrected chi connectivity index (χ3v) is 4.80. The van der Waals surface area contributed by atoms with Crippen LogP contribution in [0.15, 0.2) is 59.5 Å². The van der Waals surface area contributed by atoms with Gasteiger partial charge < -0.3 is 21.4 Å². The van der Waals surface area contributed by atoms with Crippen molar-refractivity contribution in [2.45, 2.75) is 19.1 Å². The number of halogens is 3. The van der Waals surface area contributed by atoms with E-state index >= 15 is 0 Å². The van der Waals surface area contributed by atoms with Crippen LogP contribution in [0.2, 0.25) is 0 Å². The van der Waals surface area contributed by atoms with Crippen LogP contribution in [-0.2, 0) is 6.18 Å². The molecule has 1 amide bonds. The summed E-state index contributed by atoms with van der Waals surface area (Å²) in [4.78, 5) is 27.7. The number of hydrogen-bond donors (Lipinski definition) is 4. The minimum absolute atomic E-state index is 0.0188. The third kappa shape index (κ3) is 4.50. The minimum Gasteiger partial charge on any atom is -0.404 e. The summed E-state index contributed by atoms with van der Waals surface area (Å²) in [7, 11) is 0. The number of fused-ring (bicyclic) bond motifs is 1. The summed E-state index contributed by atoms with van der Waals surface area (Å²) in [6.07, 6.45) is -3.04. The van der Waals surface area contributed by atoms with E-state index in [1.165, 1.54) is 6.07 Å². The summed E-state index contributed by atoms with van der Waals surface area (Å²) in [5.41, 5.74) is 3.47. The van der Waals surface area contributed by atoms with E-state index in [0.29, 0.717) is 0 Å². The van der Waals surface area contributed by atoms with Gasteiger partial charge in [0.05, 0.1) is 17.1 Å². The molecular formula is C22H19F3N4O2. The number of pyridine rings is 1. The highest BCUT2D eigenvalue weighted by Gasteiger charge is 2.34. The van der Waals surface area contributed by atoms with Crippen molar-refractivity contribution in [1.82, 2.24) is 10.3 Å². The monoisotopic (exact) mass is 428 g/mol. The molecule has 1 atom stereocenters. The van der Waals surface area contributed by atoms with Gasteiger partial charge in [0.2, 0.25) is 0 Å². The molecule has 0 spiro atoms. The summed E-state index contributed by atoms with van der Waals surface area (Å²) in [5, 5.41) is 9.72. The van der Waals surface area contributed by atoms with Gasteiger partial charge in [-0.3, -0.25) is 9.59 Å². The lowest BCUT2D eigenvalue weighted by molar-refractivity contribution is -0.136. The highest BCUT2D eigenvalue weighted by molar-refractivity contribution is 6.09. The van der Waals surface area contributed by atoms with Crippen LogP contribution in [0.25, 0.3) is 16.5 Å². The highest BCUT2D eigenvalue weighted by atomic mass is 19.4. The summed E-state index contributed by atoms with van der Waals surface area (Å²) >= 11 is 0. The standard InChI is InChI=1S/C22H19F3N4O2/c1-12(13-5-3-2-4-6-13)28-21(31)18-9-19(30)16-7-14(15(10-26)11-27)8-17(20(16)29-18)22(23,24)25/h2-12,26H,27H2,1H3,(H,28,31)(H,29,30)/b15-11+,26-10?/t12-/m1/s1. The maximum Gasteiger partial charge on any atom is 0.418 e. The molecule has 1 aromatic heterocycles. The van der Waals surface area contributed by atoms with E-state index in [1.807, 2.05) is 6.07 Å². The number of carbonyl (C=O) groups excluding carboxylic acids is 1. The number of H-pyrrole nitrogens is 1. The quantitative estimate of drug-likeness (QED) is 0.461. The molecule has 31 heavy (non-hydrogen) atoms. The lowest BCUT2D eigenvalue weighted by Crippen LogP contribution is -2.28. The van der Waals surface area contributed by atoms with E-state index in [2.05, 4.69) is 10.3 Å². The third-order valence-electron chi connectivity index (χ3n) is 4.80. The van der Waals surface area contributed by atoms with E-state index in [-0.39, 0.29) is 22.2 Å². The molecule has 0 fully saturated rings. The molecule has 0 saturated heterocycles. The fraction of sp³-hybridized carbons (Fsp3) is 0.136. The average molecular weight is 428 g/mol. The van der Waals surface area contributed by atoms with Crippen molar-refractivity contribution < 1.29 is 18.0 Å². The zero-order valence-corrected chi connectivity index (χ0v) is 16.4. The molecule has 3 aromatic rings. The van der Waals surface area contributed by atoms with Crippen LogP contribution in [0, 0.1) is 5.41 Å². The zero-order valence-electron chi connectivity index (χ0n) is 16.4. The molecule has 6 nitrogen and oxygen atoms in total. The molecule has 9 heteroatoms. The number of alkyl halides is 3. The number of allylic oxidation sites excluding steroid dienone is 1. The molecule has 2 aromatic carbocycles. The second-order valence-electron chi connectivity index (χ2n) is 6.86. The van der Waals surface area contributed by atoms with Gasteiger partial charge in [0.25, 0.3) is 5.91 Å². The van der Waals surface area contributed by atoms with Crippen LogP contribution < -0.4 is 16.5 Å². The molecule has 0 radical (unpaired) electrons. The van der Waals surface area contributed by atoms with Crippen LogP contribution in [0.4, 0.5) is 13.2 Å². The Labute approximate surface area is 175 Å². The molecule has 0 aliphatic heterocycles. The first-order valence-electron chi connectivity index (χ1n) is 9.22. The van der Waals surface area contributed by atoms with Crippen LogP contribution in [-0.4, -0.2) is 17.1 Å². The number of aromatic nitrogens is 1. The van der Waals surface area contributed by atoms with Crippen molar-refractivity contribution in [1.29, 1.82) is 5.41 Å². The fourth-order valence-electron chi connectivity index (χ4n) is 3.19. The summed E-state index contributed by atoms with van der Waals surface area (Å²) < 4.78 is 41.2. The number of aromatic amines is 1. The second-order valence-corrected chi connectivity index (χ2v) is 6.86. The Bertz CT molecular complexity index is 1230. The molecule has 5 N–H and O–H groups in total. The van der Waals surface area contributed by atoms with Gasteiger partial charge in [0, 0.05) is 29.4 Å². The van der Waals surface area contributed by atoms with Gasteiger partial charge in [-0.15, -0.1) is 0 Å². The van der Waals surface area contributed by atoms with Gasteiger partial charge in [-0.2, -0.15) is 13.2 Å². The Morgan fingerprint density at radius 1 is 1.19 bits per heavy atom. The van der Waals surface area contributed by atoms with Crippen molar-refractivity contribution >= 4 is 28.6 Å². The van der Waals surface area contributed by atoms with E-state index in [1.54, 1.807) is 31.2 Å². The summed E-state index contributed by atoms with van der Waals surface area (Å²) in [6, 6.07) is 11.5. The van der Waals surface area contributed by atoms with Crippen molar-refractivity contribution in [3.63, 3.8) is 0 Å². The largest absolute Gasteiger partial charge is 0.418 e. The van der Waals surface area contributed by atoms with Gasteiger partial charge in [0.1, 0.15) is 5.69 Å². The normalized spacial score (nSPS) is 13.1. The lowest BCUT2D eigenvalue weighted by atomic mass is 9.99. The van der Waals surface area contributed by atoms with Crippen molar-refractivity contribution in [2.24, 2.45) is 5.73 Å². The Hall–Kier alpha value is -3.88. The molecule has 3 rings (SSSR count). The second kappa shape index (κ2) is 8.47. The van der Waals surface area contributed by atoms with Crippen LogP contribution in [0.1, 0.15) is 40.1 Å². The number of amides is 1. The van der Waals surface area contributed by atoms with E-state index < -0.39 is 34.6 Å². The molecule has 0 aliphatic rings. The summed E-state index contributed by atoms with van der Waals surface area (Å²) in [5.74, 6) is -0.713. The molecule has 160 valence electrons. The highest BCUT2D eigenvalue weighted by Crippen LogP contribution is 2.35. The van der Waals surface area contributed by atoms with Gasteiger partial charge >= 0.3 is 6.18 Å². The maximum absolute atomic E-state index is 13.7. The van der Waals surface area contributed by atoms with Crippen LogP contribution >= 0.6 is 0 Å². The topological polar surface area (TPSA) is 112 Å². The number of nitrogens with one attached hydrogen (secondary N) is 3. The SMILES string of the molecule is C[C@@H](NC(=O)c1cc(=O)c2cc(/C(C=N)=C/N)cc(C(F)(F)F)c2[nH]1)c1ccccc1. The predicted molar refractivity (Wildman–Crippen MR) is 113 cm³/mol. The molecular weight excluding hydrogens is 409 g/mol. The first-order chi connectivity index (χ1) is 14.7. The Kier molecular flexibility index (Phi) is 5.96. The Morgan fingerprint density at radius 2 is 1.87 bits per heavy atom. The van der Waals surface area contributed by atoms with Crippen molar-refractivity contribution in [3.05, 3.63) is 87.3 Å². The van der Waals surface area contributed by atoms with Gasteiger partial charge in [-0.1, -0.05) is 30.3 Å². The first-order valence-corrected chi connectivity index (χ1v) is 9.22. The van der Waals surface area contributed by atoms with Crippen LogP contribution in [0.3, 0.4) is 0 Å². The maximum atomic E-state index is 13.7. The number of benzene rings is 2. The smallest absolute Gasteiger partial charge is 0.404 e. The molecule has 0 aliphatic carbocycles. The van der Waals surface area contributed by atoms with Gasteiger partial charge in [-0.05, 0) is 30.2 Å². The lowest BCUT2D eigenvalue weighted by Gasteiger charge is -2.16. The van der Waals surface area contributed by atoms with E-state index in [0.717, 1.165) is 30.1 Å². The molecule has 0 saturated carbocycles. The molecule has 1 heterocycles. The first kappa shape index (κ1) is 21.8. The zero-order chi connectivity index (χ0) is 22.8. The molecule has 0 bridgehead atoms. The van der Waals surface area contributed by atoms with Gasteiger partial charge in [0.15, 0.2) is 5.43 Å². The van der Waals surface area contributed by atoms with E-state index in [4.69, 9.17) is 11.1 Å². The average Bonchev–Trinajstić information content (AvgIpc) is 2.74. The predicted octanol–water partition coefficient (Wildman–Crippen LogP) is 3.99. The number of nitrogens with two attached hydrogens (primary N) is 1. The summed E-state index contributed by atoms with van der Waals surface area (Å²) in [6.45, 7) is 1.72. The fourth-order valence-corrected chi connectivity index (χ4v) is 3.19. The van der Waals surface area contributed by atoms with Gasteiger partial charge in [-0.25, -0.2) is 0 Å². The minimum atomic E-state index is -4.81. The number of carbonyl (C=O) groups is 1.